The third-order valence-electron chi connectivity index (χ3n) is 1.97. The van der Waals surface area contributed by atoms with Gasteiger partial charge in [0.1, 0.15) is 11.6 Å². The van der Waals surface area contributed by atoms with Gasteiger partial charge in [-0.2, -0.15) is 0 Å². The minimum Gasteiger partial charge on any atom is -0.492 e. The van der Waals surface area contributed by atoms with Crippen molar-refractivity contribution in [1.82, 2.24) is 0 Å². The third kappa shape index (κ3) is 5.99. The van der Waals surface area contributed by atoms with Gasteiger partial charge in [-0.15, -0.1) is 0 Å². The van der Waals surface area contributed by atoms with Crippen molar-refractivity contribution in [1.29, 1.82) is 0 Å². The molecule has 1 aromatic rings. The van der Waals surface area contributed by atoms with Gasteiger partial charge in [0.05, 0.1) is 16.8 Å². The molecule has 0 saturated carbocycles. The normalized spacial score (nSPS) is 11.5. The van der Waals surface area contributed by atoms with E-state index >= 15 is 0 Å². The largest absolute Gasteiger partial charge is 0.492 e. The van der Waals surface area contributed by atoms with Crippen molar-refractivity contribution in [2.24, 2.45) is 5.14 Å². The fourth-order valence-electron chi connectivity index (χ4n) is 1.18. The van der Waals surface area contributed by atoms with Crippen LogP contribution in [0.3, 0.4) is 0 Å². The van der Waals surface area contributed by atoms with Gasteiger partial charge in [0.25, 0.3) is 0 Å². The molecular formula is C10H13BrFNO3S. The fourth-order valence-corrected chi connectivity index (χ4v) is 2.14. The summed E-state index contributed by atoms with van der Waals surface area (Å²) in [4.78, 5) is 0. The number of ether oxygens (including phenoxy) is 1. The van der Waals surface area contributed by atoms with Crippen LogP contribution in [0.25, 0.3) is 0 Å². The first-order valence-corrected chi connectivity index (χ1v) is 7.47. The maximum absolute atomic E-state index is 12.9. The summed E-state index contributed by atoms with van der Waals surface area (Å²) >= 11 is 3.22. The first kappa shape index (κ1) is 14.4. The van der Waals surface area contributed by atoms with Gasteiger partial charge in [-0.25, -0.2) is 17.9 Å². The van der Waals surface area contributed by atoms with E-state index in [0.717, 1.165) is 0 Å². The number of rotatable bonds is 6. The molecule has 0 heterocycles. The Morgan fingerprint density at radius 3 is 2.71 bits per heavy atom. The Bertz CT molecular complexity index is 478. The number of primary sulfonamides is 1. The van der Waals surface area contributed by atoms with E-state index in [1.807, 2.05) is 0 Å². The monoisotopic (exact) mass is 325 g/mol. The summed E-state index contributed by atoms with van der Waals surface area (Å²) in [6.45, 7) is 0.317. The highest BCUT2D eigenvalue weighted by Gasteiger charge is 2.04. The minimum atomic E-state index is -3.41. The lowest BCUT2D eigenvalue weighted by Gasteiger charge is -2.07. The van der Waals surface area contributed by atoms with Gasteiger partial charge in [-0.05, 0) is 40.9 Å². The Hall–Kier alpha value is -0.660. The summed E-state index contributed by atoms with van der Waals surface area (Å²) in [5.74, 6) is -0.0472. The van der Waals surface area contributed by atoms with Gasteiger partial charge >= 0.3 is 0 Å². The zero-order chi connectivity index (χ0) is 12.9. The number of hydrogen-bond acceptors (Lipinski definition) is 3. The fraction of sp³-hybridized carbons (Fsp3) is 0.400. The Labute approximate surface area is 108 Å². The van der Waals surface area contributed by atoms with Gasteiger partial charge in [-0.1, -0.05) is 0 Å². The first-order valence-electron chi connectivity index (χ1n) is 4.97. The minimum absolute atomic E-state index is 0.0688. The highest BCUT2D eigenvalue weighted by Crippen LogP contribution is 2.25. The Morgan fingerprint density at radius 1 is 1.35 bits per heavy atom. The molecule has 0 radical (unpaired) electrons. The summed E-state index contributed by atoms with van der Waals surface area (Å²) in [5, 5.41) is 4.85. The average Bonchev–Trinajstić information content (AvgIpc) is 2.21. The molecule has 1 aromatic carbocycles. The van der Waals surface area contributed by atoms with Gasteiger partial charge < -0.3 is 4.74 Å². The number of halogens is 2. The summed E-state index contributed by atoms with van der Waals surface area (Å²) in [6.07, 6.45) is 0.963. The van der Waals surface area contributed by atoms with E-state index in [4.69, 9.17) is 9.88 Å². The van der Waals surface area contributed by atoms with Crippen LogP contribution < -0.4 is 9.88 Å². The molecule has 0 aliphatic rings. The molecule has 4 nitrogen and oxygen atoms in total. The van der Waals surface area contributed by atoms with E-state index in [-0.39, 0.29) is 11.6 Å². The highest BCUT2D eigenvalue weighted by molar-refractivity contribution is 9.10. The number of hydrogen-bond donors (Lipinski definition) is 1. The van der Waals surface area contributed by atoms with Crippen molar-refractivity contribution in [3.05, 3.63) is 28.5 Å². The summed E-state index contributed by atoms with van der Waals surface area (Å²) < 4.78 is 40.1. The summed E-state index contributed by atoms with van der Waals surface area (Å²) in [7, 11) is -3.41. The SMILES string of the molecule is NS(=O)(=O)CCCCOc1cc(F)ccc1Br. The standard InChI is InChI=1S/C10H13BrFNO3S/c11-9-4-3-8(12)7-10(9)16-5-1-2-6-17(13,14)15/h3-4,7H,1-2,5-6H2,(H2,13,14,15). The lowest BCUT2D eigenvalue weighted by atomic mass is 10.3. The number of benzene rings is 1. The quantitative estimate of drug-likeness (QED) is 0.813. The maximum atomic E-state index is 12.9. The molecule has 7 heteroatoms. The molecule has 0 unspecified atom stereocenters. The molecule has 0 aliphatic heterocycles. The van der Waals surface area contributed by atoms with Crippen LogP contribution in [0, 0.1) is 5.82 Å². The predicted octanol–water partition coefficient (Wildman–Crippen LogP) is 2.04. The molecule has 2 N–H and O–H groups in total. The van der Waals surface area contributed by atoms with Crippen LogP contribution in [-0.2, 0) is 10.0 Å². The van der Waals surface area contributed by atoms with E-state index < -0.39 is 10.0 Å². The predicted molar refractivity (Wildman–Crippen MR) is 66.8 cm³/mol. The molecule has 0 bridgehead atoms. The van der Waals surface area contributed by atoms with Gasteiger partial charge in [0.2, 0.25) is 10.0 Å². The van der Waals surface area contributed by atoms with Crippen LogP contribution in [0.2, 0.25) is 0 Å². The van der Waals surface area contributed by atoms with Crippen LogP contribution in [0.15, 0.2) is 22.7 Å². The smallest absolute Gasteiger partial charge is 0.209 e. The van der Waals surface area contributed by atoms with Crippen molar-refractivity contribution < 1.29 is 17.5 Å². The highest BCUT2D eigenvalue weighted by atomic mass is 79.9. The van der Waals surface area contributed by atoms with Crippen molar-refractivity contribution in [2.45, 2.75) is 12.8 Å². The molecule has 17 heavy (non-hydrogen) atoms. The number of unbranched alkanes of at least 4 members (excludes halogenated alkanes) is 1. The molecule has 0 spiro atoms. The lowest BCUT2D eigenvalue weighted by molar-refractivity contribution is 0.306. The second-order valence-electron chi connectivity index (χ2n) is 3.50. The second-order valence-corrected chi connectivity index (χ2v) is 6.09. The van der Waals surface area contributed by atoms with Crippen LogP contribution in [0.4, 0.5) is 4.39 Å². The third-order valence-corrected chi connectivity index (χ3v) is 3.49. The topological polar surface area (TPSA) is 69.4 Å². The summed E-state index contributed by atoms with van der Waals surface area (Å²) in [5.41, 5.74) is 0. The van der Waals surface area contributed by atoms with Crippen LogP contribution in [-0.4, -0.2) is 20.8 Å². The van der Waals surface area contributed by atoms with E-state index in [1.165, 1.54) is 12.1 Å². The second kappa shape index (κ2) is 6.32. The van der Waals surface area contributed by atoms with E-state index in [9.17, 15) is 12.8 Å². The van der Waals surface area contributed by atoms with Gasteiger partial charge in [-0.3, -0.25) is 0 Å². The van der Waals surface area contributed by atoms with Crippen molar-refractivity contribution in [3.63, 3.8) is 0 Å². The van der Waals surface area contributed by atoms with Crippen LogP contribution >= 0.6 is 15.9 Å². The van der Waals surface area contributed by atoms with Crippen molar-refractivity contribution >= 4 is 26.0 Å². The Kier molecular flexibility index (Phi) is 5.35. The van der Waals surface area contributed by atoms with E-state index in [0.29, 0.717) is 29.7 Å². The molecule has 0 fully saturated rings. The molecule has 1 rings (SSSR count). The Balaban J connectivity index is 2.34. The molecule has 0 saturated heterocycles. The van der Waals surface area contributed by atoms with Crippen molar-refractivity contribution in [3.8, 4) is 5.75 Å². The van der Waals surface area contributed by atoms with Gasteiger partial charge in [0, 0.05) is 6.07 Å². The molecule has 0 aromatic heterocycles. The zero-order valence-corrected chi connectivity index (χ0v) is 11.4. The number of sulfonamides is 1. The Morgan fingerprint density at radius 2 is 2.06 bits per heavy atom. The zero-order valence-electron chi connectivity index (χ0n) is 9.03. The maximum Gasteiger partial charge on any atom is 0.209 e. The molecule has 0 aliphatic carbocycles. The molecular weight excluding hydrogens is 313 g/mol. The van der Waals surface area contributed by atoms with Crippen LogP contribution in [0.1, 0.15) is 12.8 Å². The van der Waals surface area contributed by atoms with Crippen LogP contribution in [0.5, 0.6) is 5.75 Å². The molecule has 0 atom stereocenters. The average molecular weight is 326 g/mol. The molecule has 96 valence electrons. The summed E-state index contributed by atoms with van der Waals surface area (Å²) in [6, 6.07) is 4.14. The first-order chi connectivity index (χ1) is 7.88. The van der Waals surface area contributed by atoms with Gasteiger partial charge in [0.15, 0.2) is 0 Å². The van der Waals surface area contributed by atoms with E-state index in [1.54, 1.807) is 6.07 Å². The van der Waals surface area contributed by atoms with Crippen molar-refractivity contribution in [2.75, 3.05) is 12.4 Å². The van der Waals surface area contributed by atoms with E-state index in [2.05, 4.69) is 15.9 Å². The lowest BCUT2D eigenvalue weighted by Crippen LogP contribution is -2.16. The molecule has 0 amide bonds. The number of nitrogens with two attached hydrogens (primary N) is 1.